The van der Waals surface area contributed by atoms with Gasteiger partial charge in [-0.3, -0.25) is 4.79 Å². The van der Waals surface area contributed by atoms with Crippen LogP contribution in [0.3, 0.4) is 0 Å². The molecule has 19 heavy (non-hydrogen) atoms. The number of aryl methyl sites for hydroxylation is 2. The third-order valence-electron chi connectivity index (χ3n) is 2.65. The smallest absolute Gasteiger partial charge is 0.257 e. The number of carbonyl (C=O) groups excluding carboxylic acids is 1. The number of aromatic nitrogens is 2. The number of rotatable bonds is 3. The van der Waals surface area contributed by atoms with Gasteiger partial charge in [0.25, 0.3) is 5.91 Å². The Morgan fingerprint density at radius 1 is 1.32 bits per heavy atom. The van der Waals surface area contributed by atoms with Gasteiger partial charge < -0.3 is 5.32 Å². The minimum atomic E-state index is -0.142. The molecule has 4 nitrogen and oxygen atoms in total. The van der Waals surface area contributed by atoms with Crippen molar-refractivity contribution in [3.8, 4) is 0 Å². The van der Waals surface area contributed by atoms with Crippen molar-refractivity contribution < 1.29 is 4.79 Å². The fourth-order valence-corrected chi connectivity index (χ4v) is 2.28. The van der Waals surface area contributed by atoms with Crippen molar-refractivity contribution in [1.82, 2.24) is 10.2 Å². The van der Waals surface area contributed by atoms with E-state index in [0.29, 0.717) is 17.7 Å². The monoisotopic (exact) mass is 367 g/mol. The van der Waals surface area contributed by atoms with Gasteiger partial charge in [0.1, 0.15) is 0 Å². The Hall–Kier alpha value is -1.50. The molecule has 0 saturated heterocycles. The first-order valence-electron chi connectivity index (χ1n) is 6.00. The quantitative estimate of drug-likeness (QED) is 0.848. The first kappa shape index (κ1) is 13.9. The van der Waals surface area contributed by atoms with Crippen molar-refractivity contribution in [1.29, 1.82) is 0 Å². The van der Waals surface area contributed by atoms with Crippen molar-refractivity contribution in [2.75, 3.05) is 5.32 Å². The molecule has 0 atom stereocenters. The van der Waals surface area contributed by atoms with Crippen LogP contribution in [0.15, 0.2) is 30.3 Å². The minimum Gasteiger partial charge on any atom is -0.322 e. The maximum atomic E-state index is 12.3. The molecule has 0 spiro atoms. The van der Waals surface area contributed by atoms with Crippen LogP contribution in [-0.4, -0.2) is 16.1 Å². The molecule has 0 aliphatic carbocycles. The normalized spacial score (nSPS) is 10.3. The molecule has 1 heterocycles. The fourth-order valence-electron chi connectivity index (χ4n) is 1.74. The SMILES string of the molecule is CCc1nnc(C)cc1C(=O)Nc1cccc(I)c1. The van der Waals surface area contributed by atoms with Crippen molar-refractivity contribution in [3.63, 3.8) is 0 Å². The molecular formula is C14H14IN3O. The average Bonchev–Trinajstić information content (AvgIpc) is 2.38. The van der Waals surface area contributed by atoms with E-state index >= 15 is 0 Å². The van der Waals surface area contributed by atoms with Crippen LogP contribution in [0.2, 0.25) is 0 Å². The van der Waals surface area contributed by atoms with Crippen molar-refractivity contribution >= 4 is 34.2 Å². The molecule has 1 aromatic heterocycles. The lowest BCUT2D eigenvalue weighted by molar-refractivity contribution is 0.102. The number of nitrogens with one attached hydrogen (secondary N) is 1. The van der Waals surface area contributed by atoms with Crippen LogP contribution in [-0.2, 0) is 6.42 Å². The van der Waals surface area contributed by atoms with Gasteiger partial charge in [-0.1, -0.05) is 13.0 Å². The average molecular weight is 367 g/mol. The highest BCUT2D eigenvalue weighted by Crippen LogP contribution is 2.15. The van der Waals surface area contributed by atoms with E-state index in [2.05, 4.69) is 38.1 Å². The molecule has 0 bridgehead atoms. The van der Waals surface area contributed by atoms with E-state index < -0.39 is 0 Å². The van der Waals surface area contributed by atoms with Crippen LogP contribution in [0.5, 0.6) is 0 Å². The third kappa shape index (κ3) is 3.50. The maximum absolute atomic E-state index is 12.3. The Kier molecular flexibility index (Phi) is 4.47. The summed E-state index contributed by atoms with van der Waals surface area (Å²) >= 11 is 2.21. The second-order valence-electron chi connectivity index (χ2n) is 4.16. The molecule has 1 amide bonds. The van der Waals surface area contributed by atoms with Gasteiger partial charge >= 0.3 is 0 Å². The number of carbonyl (C=O) groups is 1. The number of nitrogens with zero attached hydrogens (tertiary/aromatic N) is 2. The molecule has 1 aromatic carbocycles. The summed E-state index contributed by atoms with van der Waals surface area (Å²) in [5, 5.41) is 10.9. The Balaban J connectivity index is 2.27. The summed E-state index contributed by atoms with van der Waals surface area (Å²) in [6, 6.07) is 9.45. The van der Waals surface area contributed by atoms with Crippen molar-refractivity contribution in [2.24, 2.45) is 0 Å². The summed E-state index contributed by atoms with van der Waals surface area (Å²) in [6.45, 7) is 3.79. The zero-order valence-electron chi connectivity index (χ0n) is 10.8. The predicted molar refractivity (Wildman–Crippen MR) is 83.3 cm³/mol. The summed E-state index contributed by atoms with van der Waals surface area (Å²) in [7, 11) is 0. The van der Waals surface area contributed by atoms with E-state index in [1.165, 1.54) is 0 Å². The zero-order valence-corrected chi connectivity index (χ0v) is 12.9. The molecule has 0 unspecified atom stereocenters. The molecule has 98 valence electrons. The molecule has 0 aliphatic heterocycles. The van der Waals surface area contributed by atoms with E-state index in [1.807, 2.05) is 38.1 Å². The van der Waals surface area contributed by atoms with Crippen molar-refractivity contribution in [3.05, 3.63) is 50.9 Å². The van der Waals surface area contributed by atoms with E-state index in [9.17, 15) is 4.79 Å². The van der Waals surface area contributed by atoms with Gasteiger partial charge in [0, 0.05) is 9.26 Å². The fraction of sp³-hybridized carbons (Fsp3) is 0.214. The summed E-state index contributed by atoms with van der Waals surface area (Å²) in [4.78, 5) is 12.3. The van der Waals surface area contributed by atoms with Gasteiger partial charge in [-0.05, 0) is 60.2 Å². The summed E-state index contributed by atoms with van der Waals surface area (Å²) in [5.41, 5.74) is 2.83. The third-order valence-corrected chi connectivity index (χ3v) is 3.33. The van der Waals surface area contributed by atoms with Gasteiger partial charge in [0.15, 0.2) is 0 Å². The number of anilines is 1. The Morgan fingerprint density at radius 3 is 2.79 bits per heavy atom. The van der Waals surface area contributed by atoms with Crippen LogP contribution in [0.1, 0.15) is 28.7 Å². The Bertz CT molecular complexity index is 613. The summed E-state index contributed by atoms with van der Waals surface area (Å²) in [6.07, 6.45) is 0.683. The molecule has 0 aliphatic rings. The number of hydrogen-bond acceptors (Lipinski definition) is 3. The Labute approximate surface area is 125 Å². The van der Waals surface area contributed by atoms with Gasteiger partial charge in [0.2, 0.25) is 0 Å². The molecule has 1 N–H and O–H groups in total. The lowest BCUT2D eigenvalue weighted by Gasteiger charge is -2.08. The van der Waals surface area contributed by atoms with Crippen LogP contribution in [0.4, 0.5) is 5.69 Å². The van der Waals surface area contributed by atoms with E-state index in [0.717, 1.165) is 15.0 Å². The standard InChI is InChI=1S/C14H14IN3O/c1-3-13-12(7-9(2)17-18-13)14(19)16-11-6-4-5-10(15)8-11/h4-8H,3H2,1-2H3,(H,16,19). The lowest BCUT2D eigenvalue weighted by atomic mass is 10.1. The van der Waals surface area contributed by atoms with Gasteiger partial charge in [0.05, 0.1) is 17.0 Å². The van der Waals surface area contributed by atoms with E-state index in [1.54, 1.807) is 6.07 Å². The minimum absolute atomic E-state index is 0.142. The highest BCUT2D eigenvalue weighted by molar-refractivity contribution is 14.1. The largest absolute Gasteiger partial charge is 0.322 e. The zero-order chi connectivity index (χ0) is 13.8. The molecular weight excluding hydrogens is 353 g/mol. The maximum Gasteiger partial charge on any atom is 0.257 e. The van der Waals surface area contributed by atoms with Crippen LogP contribution < -0.4 is 5.32 Å². The molecule has 0 fully saturated rings. The van der Waals surface area contributed by atoms with Gasteiger partial charge in [-0.2, -0.15) is 10.2 Å². The molecule has 2 aromatic rings. The van der Waals surface area contributed by atoms with E-state index in [4.69, 9.17) is 0 Å². The molecule has 5 heteroatoms. The number of halogens is 1. The van der Waals surface area contributed by atoms with Crippen LogP contribution in [0, 0.1) is 10.5 Å². The second-order valence-corrected chi connectivity index (χ2v) is 5.41. The topological polar surface area (TPSA) is 54.9 Å². The van der Waals surface area contributed by atoms with Crippen LogP contribution >= 0.6 is 22.6 Å². The lowest BCUT2D eigenvalue weighted by Crippen LogP contribution is -2.16. The van der Waals surface area contributed by atoms with Crippen LogP contribution in [0.25, 0.3) is 0 Å². The first-order chi connectivity index (χ1) is 9.10. The molecule has 2 rings (SSSR count). The number of amides is 1. The molecule has 0 saturated carbocycles. The predicted octanol–water partition coefficient (Wildman–Crippen LogP) is 3.20. The van der Waals surface area contributed by atoms with E-state index in [-0.39, 0.29) is 5.91 Å². The summed E-state index contributed by atoms with van der Waals surface area (Å²) < 4.78 is 1.08. The van der Waals surface area contributed by atoms with Gasteiger partial charge in [-0.15, -0.1) is 0 Å². The highest BCUT2D eigenvalue weighted by Gasteiger charge is 2.13. The number of benzene rings is 1. The summed E-state index contributed by atoms with van der Waals surface area (Å²) in [5.74, 6) is -0.142. The highest BCUT2D eigenvalue weighted by atomic mass is 127. The number of hydrogen-bond donors (Lipinski definition) is 1. The molecule has 0 radical (unpaired) electrons. The second kappa shape index (κ2) is 6.10. The Morgan fingerprint density at radius 2 is 2.11 bits per heavy atom. The van der Waals surface area contributed by atoms with Gasteiger partial charge in [-0.25, -0.2) is 0 Å². The van der Waals surface area contributed by atoms with Crippen molar-refractivity contribution in [2.45, 2.75) is 20.3 Å². The first-order valence-corrected chi connectivity index (χ1v) is 7.08.